The predicted molar refractivity (Wildman–Crippen MR) is 81.8 cm³/mol. The molecule has 0 unspecified atom stereocenters. The molecule has 6 heteroatoms. The van der Waals surface area contributed by atoms with Crippen LogP contribution in [-0.2, 0) is 6.18 Å². The molecule has 2 aromatic carbocycles. The number of halogens is 4. The fourth-order valence-corrected chi connectivity index (χ4v) is 1.98. The fourth-order valence-electron chi connectivity index (χ4n) is 1.51. The van der Waals surface area contributed by atoms with Crippen molar-refractivity contribution in [2.24, 2.45) is 5.10 Å². The quantitative estimate of drug-likeness (QED) is 0.457. The number of rotatable bonds is 3. The summed E-state index contributed by atoms with van der Waals surface area (Å²) in [5, 5.41) is 3.95. The second-order valence-corrected chi connectivity index (χ2v) is 5.13. The lowest BCUT2D eigenvalue weighted by atomic mass is 10.1. The first kappa shape index (κ1) is 14.8. The minimum absolute atomic E-state index is 0.420. The van der Waals surface area contributed by atoms with E-state index in [1.165, 1.54) is 12.3 Å². The average molecular weight is 390 g/mol. The van der Waals surface area contributed by atoms with Gasteiger partial charge in [0.1, 0.15) is 0 Å². The van der Waals surface area contributed by atoms with E-state index in [0.29, 0.717) is 9.13 Å². The highest BCUT2D eigenvalue weighted by Crippen LogP contribution is 2.30. The first-order chi connectivity index (χ1) is 9.47. The van der Waals surface area contributed by atoms with Crippen LogP contribution in [-0.4, -0.2) is 6.21 Å². The Bertz CT molecular complexity index is 610. The highest BCUT2D eigenvalue weighted by Gasteiger charge is 2.30. The van der Waals surface area contributed by atoms with Crippen molar-refractivity contribution < 1.29 is 13.2 Å². The van der Waals surface area contributed by atoms with E-state index in [-0.39, 0.29) is 0 Å². The maximum atomic E-state index is 12.6. The topological polar surface area (TPSA) is 24.4 Å². The van der Waals surface area contributed by atoms with E-state index in [4.69, 9.17) is 0 Å². The lowest BCUT2D eigenvalue weighted by Crippen LogP contribution is -2.06. The molecule has 0 atom stereocenters. The molecule has 0 aromatic heterocycles. The lowest BCUT2D eigenvalue weighted by Gasteiger charge is -2.08. The van der Waals surface area contributed by atoms with Crippen LogP contribution in [0.3, 0.4) is 0 Å². The van der Waals surface area contributed by atoms with Gasteiger partial charge in [0.15, 0.2) is 0 Å². The van der Waals surface area contributed by atoms with Crippen LogP contribution in [0.5, 0.6) is 0 Å². The minimum atomic E-state index is -4.35. The Morgan fingerprint density at radius 3 is 2.40 bits per heavy atom. The number of benzene rings is 2. The summed E-state index contributed by atoms with van der Waals surface area (Å²) < 4.78 is 38.6. The zero-order valence-corrected chi connectivity index (χ0v) is 12.3. The smallest absolute Gasteiger partial charge is 0.279 e. The van der Waals surface area contributed by atoms with E-state index in [1.807, 2.05) is 52.9 Å². The van der Waals surface area contributed by atoms with Crippen molar-refractivity contribution in [2.75, 3.05) is 5.43 Å². The summed E-state index contributed by atoms with van der Waals surface area (Å²) in [7, 11) is 0. The van der Waals surface area contributed by atoms with E-state index in [1.54, 1.807) is 0 Å². The van der Waals surface area contributed by atoms with Gasteiger partial charge in [0.25, 0.3) is 0 Å². The maximum Gasteiger partial charge on any atom is 0.416 e. The molecule has 20 heavy (non-hydrogen) atoms. The van der Waals surface area contributed by atoms with Gasteiger partial charge in [-0.05, 0) is 52.9 Å². The van der Waals surface area contributed by atoms with E-state index in [0.717, 1.165) is 17.8 Å². The van der Waals surface area contributed by atoms with Gasteiger partial charge >= 0.3 is 6.18 Å². The molecule has 2 aromatic rings. The van der Waals surface area contributed by atoms with Crippen molar-refractivity contribution in [2.45, 2.75) is 6.18 Å². The predicted octanol–water partition coefficient (Wildman–Crippen LogP) is 4.76. The van der Waals surface area contributed by atoms with Crippen LogP contribution < -0.4 is 5.43 Å². The van der Waals surface area contributed by atoms with Gasteiger partial charge in [-0.2, -0.15) is 18.3 Å². The molecular formula is C14H10F3IN2. The average Bonchev–Trinajstić information content (AvgIpc) is 2.41. The minimum Gasteiger partial charge on any atom is -0.279 e. The molecule has 2 nitrogen and oxygen atoms in total. The van der Waals surface area contributed by atoms with Gasteiger partial charge in [-0.25, -0.2) is 0 Å². The van der Waals surface area contributed by atoms with Crippen LogP contribution in [0.2, 0.25) is 0 Å². The van der Waals surface area contributed by atoms with Crippen LogP contribution >= 0.6 is 22.6 Å². The molecule has 0 saturated heterocycles. The number of alkyl halides is 3. The van der Waals surface area contributed by atoms with Gasteiger partial charge in [-0.15, -0.1) is 0 Å². The molecule has 0 aliphatic rings. The Morgan fingerprint density at radius 2 is 1.75 bits per heavy atom. The first-order valence-electron chi connectivity index (χ1n) is 5.68. The normalized spacial score (nSPS) is 11.8. The lowest BCUT2D eigenvalue weighted by molar-refractivity contribution is -0.137. The Morgan fingerprint density at radius 1 is 1.05 bits per heavy atom. The van der Waals surface area contributed by atoms with E-state index in [2.05, 4.69) is 10.5 Å². The van der Waals surface area contributed by atoms with E-state index >= 15 is 0 Å². The molecule has 0 aliphatic carbocycles. The number of hydrazone groups is 1. The van der Waals surface area contributed by atoms with Gasteiger partial charge in [0.05, 0.1) is 17.5 Å². The summed E-state index contributed by atoms with van der Waals surface area (Å²) in [6.45, 7) is 0. The van der Waals surface area contributed by atoms with Gasteiger partial charge in [-0.1, -0.05) is 18.2 Å². The number of hydrogen-bond donors (Lipinski definition) is 1. The van der Waals surface area contributed by atoms with E-state index in [9.17, 15) is 13.2 Å². The Labute approximate surface area is 127 Å². The number of hydrogen-bond acceptors (Lipinski definition) is 2. The van der Waals surface area contributed by atoms with Crippen molar-refractivity contribution >= 4 is 34.5 Å². The summed E-state index contributed by atoms with van der Waals surface area (Å²) in [5.74, 6) is 0. The molecule has 0 amide bonds. The van der Waals surface area contributed by atoms with Crippen LogP contribution in [0.25, 0.3) is 0 Å². The first-order valence-corrected chi connectivity index (χ1v) is 6.75. The maximum absolute atomic E-state index is 12.6. The number of anilines is 1. The molecule has 0 fully saturated rings. The zero-order chi connectivity index (χ0) is 14.6. The largest absolute Gasteiger partial charge is 0.416 e. The molecule has 0 aliphatic heterocycles. The van der Waals surface area contributed by atoms with Gasteiger partial charge < -0.3 is 0 Å². The molecule has 0 heterocycles. The van der Waals surface area contributed by atoms with Gasteiger partial charge in [-0.3, -0.25) is 5.43 Å². The molecule has 104 valence electrons. The third-order valence-electron chi connectivity index (χ3n) is 2.49. The fraction of sp³-hybridized carbons (Fsp3) is 0.0714. The molecule has 0 saturated carbocycles. The van der Waals surface area contributed by atoms with Crippen LogP contribution in [0.4, 0.5) is 18.9 Å². The summed E-state index contributed by atoms with van der Waals surface area (Å²) in [6, 6.07) is 12.7. The van der Waals surface area contributed by atoms with Gasteiger partial charge in [0, 0.05) is 9.13 Å². The number of para-hydroxylation sites is 1. The van der Waals surface area contributed by atoms with Crippen LogP contribution in [0.1, 0.15) is 11.1 Å². The van der Waals surface area contributed by atoms with Gasteiger partial charge in [0.2, 0.25) is 0 Å². The Kier molecular flexibility index (Phi) is 4.64. The third kappa shape index (κ3) is 3.96. The van der Waals surface area contributed by atoms with Crippen molar-refractivity contribution in [1.29, 1.82) is 0 Å². The van der Waals surface area contributed by atoms with E-state index < -0.39 is 11.7 Å². The molecule has 0 radical (unpaired) electrons. The molecular weight excluding hydrogens is 380 g/mol. The number of nitrogens with zero attached hydrogens (tertiary/aromatic N) is 1. The summed E-state index contributed by atoms with van der Waals surface area (Å²) >= 11 is 1.97. The SMILES string of the molecule is FC(F)(F)c1ccc(I)c(C=NNc2ccccc2)c1. The zero-order valence-electron chi connectivity index (χ0n) is 10.2. The van der Waals surface area contributed by atoms with Crippen molar-refractivity contribution in [3.63, 3.8) is 0 Å². The van der Waals surface area contributed by atoms with Crippen molar-refractivity contribution in [3.8, 4) is 0 Å². The van der Waals surface area contributed by atoms with Crippen LogP contribution in [0, 0.1) is 3.57 Å². The van der Waals surface area contributed by atoms with Crippen molar-refractivity contribution in [3.05, 3.63) is 63.2 Å². The molecule has 2 rings (SSSR count). The second kappa shape index (κ2) is 6.25. The van der Waals surface area contributed by atoms with Crippen LogP contribution in [0.15, 0.2) is 53.6 Å². The molecule has 0 bridgehead atoms. The Balaban J connectivity index is 2.16. The summed E-state index contributed by atoms with van der Waals surface area (Å²) in [6.07, 6.45) is -2.97. The number of nitrogens with one attached hydrogen (secondary N) is 1. The monoisotopic (exact) mass is 390 g/mol. The molecule has 1 N–H and O–H groups in total. The molecule has 0 spiro atoms. The Hall–Kier alpha value is -1.57. The highest BCUT2D eigenvalue weighted by atomic mass is 127. The van der Waals surface area contributed by atoms with Crippen molar-refractivity contribution in [1.82, 2.24) is 0 Å². The summed E-state index contributed by atoms with van der Waals surface area (Å²) in [5.41, 5.74) is 3.27. The standard InChI is InChI=1S/C14H10F3IN2/c15-14(16,17)11-6-7-13(18)10(8-11)9-19-20-12-4-2-1-3-5-12/h1-9,20H. The highest BCUT2D eigenvalue weighted by molar-refractivity contribution is 14.1. The summed E-state index contributed by atoms with van der Waals surface area (Å²) in [4.78, 5) is 0. The second-order valence-electron chi connectivity index (χ2n) is 3.97. The third-order valence-corrected chi connectivity index (χ3v) is 3.48.